The summed E-state index contributed by atoms with van der Waals surface area (Å²) in [5, 5.41) is 0. The first-order valence-electron chi connectivity index (χ1n) is 4.39. The fourth-order valence-corrected chi connectivity index (χ4v) is 1.59. The first-order valence-corrected chi connectivity index (χ1v) is 4.39. The Morgan fingerprint density at radius 2 is 2.15 bits per heavy atom. The highest BCUT2D eigenvalue weighted by atomic mass is 16.2. The molecule has 0 unspecified atom stereocenters. The lowest BCUT2D eigenvalue weighted by Crippen LogP contribution is -2.49. The van der Waals surface area contributed by atoms with Gasteiger partial charge in [0.1, 0.15) is 6.04 Å². The van der Waals surface area contributed by atoms with E-state index in [1.54, 1.807) is 6.92 Å². The number of amides is 2. The molecule has 4 N–H and O–H groups in total. The number of carbonyl (C=O) groups is 2. The Balaban J connectivity index is 2.68. The van der Waals surface area contributed by atoms with Crippen LogP contribution < -0.4 is 11.5 Å². The van der Waals surface area contributed by atoms with Gasteiger partial charge in [0, 0.05) is 6.54 Å². The molecule has 1 aliphatic heterocycles. The molecule has 74 valence electrons. The van der Waals surface area contributed by atoms with Crippen molar-refractivity contribution in [3.63, 3.8) is 0 Å². The summed E-state index contributed by atoms with van der Waals surface area (Å²) >= 11 is 0. The molecule has 0 aromatic carbocycles. The van der Waals surface area contributed by atoms with E-state index in [1.165, 1.54) is 4.90 Å². The fourth-order valence-electron chi connectivity index (χ4n) is 1.59. The molecule has 2 atom stereocenters. The molecule has 1 saturated heterocycles. The van der Waals surface area contributed by atoms with E-state index in [0.29, 0.717) is 13.0 Å². The predicted molar refractivity (Wildman–Crippen MR) is 47.6 cm³/mol. The number of nitrogens with two attached hydrogens (primary N) is 2. The molecule has 13 heavy (non-hydrogen) atoms. The molecule has 1 aliphatic rings. The molecule has 0 aliphatic carbocycles. The van der Waals surface area contributed by atoms with E-state index < -0.39 is 18.0 Å². The van der Waals surface area contributed by atoms with Gasteiger partial charge in [-0.3, -0.25) is 9.59 Å². The second kappa shape index (κ2) is 3.74. The molecule has 0 saturated carbocycles. The molecule has 1 heterocycles. The number of nitrogens with zero attached hydrogens (tertiary/aromatic N) is 1. The van der Waals surface area contributed by atoms with Gasteiger partial charge < -0.3 is 16.4 Å². The third kappa shape index (κ3) is 1.98. The van der Waals surface area contributed by atoms with Crippen molar-refractivity contribution in [2.75, 3.05) is 6.54 Å². The maximum absolute atomic E-state index is 11.5. The van der Waals surface area contributed by atoms with Gasteiger partial charge in [0.05, 0.1) is 6.04 Å². The fraction of sp³-hybridized carbons (Fsp3) is 0.750. The zero-order valence-electron chi connectivity index (χ0n) is 7.69. The Labute approximate surface area is 77.1 Å². The van der Waals surface area contributed by atoms with Crippen molar-refractivity contribution in [1.29, 1.82) is 0 Å². The van der Waals surface area contributed by atoms with Gasteiger partial charge in [-0.15, -0.1) is 0 Å². The van der Waals surface area contributed by atoms with Gasteiger partial charge in [-0.2, -0.15) is 0 Å². The summed E-state index contributed by atoms with van der Waals surface area (Å²) in [5.41, 5.74) is 10.6. The van der Waals surface area contributed by atoms with Gasteiger partial charge >= 0.3 is 0 Å². The zero-order chi connectivity index (χ0) is 10.0. The molecule has 2 amide bonds. The van der Waals surface area contributed by atoms with Crippen LogP contribution in [0.3, 0.4) is 0 Å². The maximum atomic E-state index is 11.5. The van der Waals surface area contributed by atoms with Crippen LogP contribution in [-0.2, 0) is 9.59 Å². The average molecular weight is 185 g/mol. The van der Waals surface area contributed by atoms with Crippen molar-refractivity contribution in [2.45, 2.75) is 31.8 Å². The molecule has 0 spiro atoms. The highest BCUT2D eigenvalue weighted by Gasteiger charge is 2.33. The predicted octanol–water partition coefficient (Wildman–Crippen LogP) is -1.19. The standard InChI is InChI=1S/C8H15N3O2/c1-5(9)8(13)11-4-2-3-6(11)7(10)12/h5-6H,2-4,9H2,1H3,(H2,10,12)/t5-,6+/m0/s1. The lowest BCUT2D eigenvalue weighted by molar-refractivity contribution is -0.138. The van der Waals surface area contributed by atoms with Crippen molar-refractivity contribution < 1.29 is 9.59 Å². The van der Waals surface area contributed by atoms with Crippen LogP contribution in [0.1, 0.15) is 19.8 Å². The molecule has 5 nitrogen and oxygen atoms in total. The Bertz CT molecular complexity index is 227. The van der Waals surface area contributed by atoms with E-state index in [0.717, 1.165) is 6.42 Å². The van der Waals surface area contributed by atoms with Gasteiger partial charge in [0.2, 0.25) is 11.8 Å². The lowest BCUT2D eigenvalue weighted by Gasteiger charge is -2.23. The van der Waals surface area contributed by atoms with Gasteiger partial charge in [0.15, 0.2) is 0 Å². The van der Waals surface area contributed by atoms with Gasteiger partial charge in [0.25, 0.3) is 0 Å². The number of hydrogen-bond acceptors (Lipinski definition) is 3. The van der Waals surface area contributed by atoms with Crippen LogP contribution in [0.5, 0.6) is 0 Å². The Morgan fingerprint density at radius 1 is 1.54 bits per heavy atom. The molecule has 1 rings (SSSR count). The summed E-state index contributed by atoms with van der Waals surface area (Å²) in [6, 6.07) is -1.00. The summed E-state index contributed by atoms with van der Waals surface area (Å²) in [6.07, 6.45) is 1.49. The highest BCUT2D eigenvalue weighted by Crippen LogP contribution is 2.17. The number of rotatable bonds is 2. The second-order valence-electron chi connectivity index (χ2n) is 3.38. The number of likely N-dealkylation sites (tertiary alicyclic amines) is 1. The van der Waals surface area contributed by atoms with Crippen LogP contribution >= 0.6 is 0 Å². The van der Waals surface area contributed by atoms with Crippen molar-refractivity contribution in [2.24, 2.45) is 11.5 Å². The average Bonchev–Trinajstić information content (AvgIpc) is 2.50. The third-order valence-corrected chi connectivity index (χ3v) is 2.25. The van der Waals surface area contributed by atoms with Crippen molar-refractivity contribution >= 4 is 11.8 Å². The molecular formula is C8H15N3O2. The summed E-state index contributed by atoms with van der Waals surface area (Å²) < 4.78 is 0. The van der Waals surface area contributed by atoms with Crippen LogP contribution in [0.15, 0.2) is 0 Å². The van der Waals surface area contributed by atoms with Crippen LogP contribution in [0.2, 0.25) is 0 Å². The summed E-state index contributed by atoms with van der Waals surface area (Å²) in [7, 11) is 0. The summed E-state index contributed by atoms with van der Waals surface area (Å²) in [4.78, 5) is 23.9. The Hall–Kier alpha value is -1.10. The molecule has 1 fully saturated rings. The topological polar surface area (TPSA) is 89.4 Å². The van der Waals surface area contributed by atoms with Crippen molar-refractivity contribution in [3.8, 4) is 0 Å². The molecule has 0 aromatic rings. The largest absolute Gasteiger partial charge is 0.368 e. The maximum Gasteiger partial charge on any atom is 0.240 e. The minimum atomic E-state index is -0.556. The van der Waals surface area contributed by atoms with E-state index in [4.69, 9.17) is 11.5 Å². The quantitative estimate of drug-likeness (QED) is 0.567. The highest BCUT2D eigenvalue weighted by molar-refractivity contribution is 5.89. The summed E-state index contributed by atoms with van der Waals surface area (Å²) in [6.45, 7) is 2.20. The monoisotopic (exact) mass is 185 g/mol. The zero-order valence-corrected chi connectivity index (χ0v) is 7.69. The van der Waals surface area contributed by atoms with Gasteiger partial charge in [-0.1, -0.05) is 0 Å². The third-order valence-electron chi connectivity index (χ3n) is 2.25. The number of primary amides is 1. The van der Waals surface area contributed by atoms with E-state index in [2.05, 4.69) is 0 Å². The van der Waals surface area contributed by atoms with E-state index in [9.17, 15) is 9.59 Å². The first-order chi connectivity index (χ1) is 6.04. The molecule has 0 radical (unpaired) electrons. The van der Waals surface area contributed by atoms with Crippen molar-refractivity contribution in [1.82, 2.24) is 4.90 Å². The molecular weight excluding hydrogens is 170 g/mol. The Kier molecular flexibility index (Phi) is 2.87. The van der Waals surface area contributed by atoms with E-state index in [1.807, 2.05) is 0 Å². The minimum Gasteiger partial charge on any atom is -0.368 e. The molecule has 0 aromatic heterocycles. The van der Waals surface area contributed by atoms with Crippen LogP contribution in [0.4, 0.5) is 0 Å². The minimum absolute atomic E-state index is 0.193. The van der Waals surface area contributed by atoms with Crippen LogP contribution in [0, 0.1) is 0 Å². The van der Waals surface area contributed by atoms with Crippen LogP contribution in [0.25, 0.3) is 0 Å². The van der Waals surface area contributed by atoms with Gasteiger partial charge in [-0.25, -0.2) is 0 Å². The normalized spacial score (nSPS) is 24.5. The van der Waals surface area contributed by atoms with E-state index >= 15 is 0 Å². The second-order valence-corrected chi connectivity index (χ2v) is 3.38. The van der Waals surface area contributed by atoms with Crippen molar-refractivity contribution in [3.05, 3.63) is 0 Å². The van der Waals surface area contributed by atoms with Gasteiger partial charge in [-0.05, 0) is 19.8 Å². The SMILES string of the molecule is C[C@H](N)C(=O)N1CCC[C@@H]1C(N)=O. The smallest absolute Gasteiger partial charge is 0.240 e. The lowest BCUT2D eigenvalue weighted by atomic mass is 10.2. The Morgan fingerprint density at radius 3 is 2.62 bits per heavy atom. The summed E-state index contributed by atoms with van der Waals surface area (Å²) in [5.74, 6) is -0.632. The van der Waals surface area contributed by atoms with Crippen LogP contribution in [-0.4, -0.2) is 35.3 Å². The molecule has 5 heteroatoms. The van der Waals surface area contributed by atoms with E-state index in [-0.39, 0.29) is 5.91 Å². The molecule has 0 bridgehead atoms. The number of hydrogen-bond donors (Lipinski definition) is 2. The first kappa shape index (κ1) is 9.98. The number of carbonyl (C=O) groups excluding carboxylic acids is 2.